The van der Waals surface area contributed by atoms with E-state index in [1.54, 1.807) is 0 Å². The van der Waals surface area contributed by atoms with Crippen LogP contribution in [0.4, 0.5) is 0 Å². The van der Waals surface area contributed by atoms with Crippen molar-refractivity contribution in [3.05, 3.63) is 0 Å². The largest absolute Gasteiger partial charge is 0.342 e. The lowest BCUT2D eigenvalue weighted by Gasteiger charge is -2.36. The molecule has 0 N–H and O–H groups in total. The van der Waals surface area contributed by atoms with E-state index in [4.69, 9.17) is 0 Å². The van der Waals surface area contributed by atoms with Gasteiger partial charge in [-0.3, -0.25) is 4.79 Å². The highest BCUT2D eigenvalue weighted by Gasteiger charge is 2.35. The van der Waals surface area contributed by atoms with E-state index in [2.05, 4.69) is 38.3 Å². The molecular formula is C15H29NOS. The van der Waals surface area contributed by atoms with Crippen molar-refractivity contribution in [1.82, 2.24) is 4.90 Å². The van der Waals surface area contributed by atoms with Gasteiger partial charge in [-0.1, -0.05) is 40.0 Å². The van der Waals surface area contributed by atoms with Crippen molar-refractivity contribution in [2.75, 3.05) is 18.8 Å². The minimum Gasteiger partial charge on any atom is -0.342 e. The molecule has 1 rings (SSSR count). The molecule has 0 spiro atoms. The summed E-state index contributed by atoms with van der Waals surface area (Å²) in [5, 5.41) is 0. The predicted molar refractivity (Wildman–Crippen MR) is 81.1 cm³/mol. The Bertz CT molecular complexity index is 261. The second-order valence-electron chi connectivity index (χ2n) is 5.91. The zero-order chi connectivity index (χ0) is 13.6. The zero-order valence-electron chi connectivity index (χ0n) is 12.2. The molecule has 3 heteroatoms. The number of thiol groups is 1. The third-order valence-electron chi connectivity index (χ3n) is 4.29. The fourth-order valence-corrected chi connectivity index (χ4v) is 3.65. The fourth-order valence-electron chi connectivity index (χ4n) is 3.24. The summed E-state index contributed by atoms with van der Waals surface area (Å²) in [4.78, 5) is 14.2. The van der Waals surface area contributed by atoms with Crippen LogP contribution in [0.25, 0.3) is 0 Å². The molecule has 1 aliphatic heterocycles. The maximum atomic E-state index is 12.0. The molecular weight excluding hydrogens is 242 g/mol. The van der Waals surface area contributed by atoms with Crippen LogP contribution in [0.5, 0.6) is 0 Å². The second-order valence-corrected chi connectivity index (χ2v) is 6.23. The number of likely N-dealkylation sites (tertiary alicyclic amines) is 1. The number of rotatable bonds is 8. The maximum absolute atomic E-state index is 12.0. The second kappa shape index (κ2) is 7.42. The van der Waals surface area contributed by atoms with Gasteiger partial charge in [-0.2, -0.15) is 12.6 Å². The Morgan fingerprint density at radius 3 is 2.28 bits per heavy atom. The van der Waals surface area contributed by atoms with Gasteiger partial charge in [0, 0.05) is 19.5 Å². The molecule has 1 fully saturated rings. The first-order valence-corrected chi connectivity index (χ1v) is 8.12. The molecule has 1 atom stereocenters. The van der Waals surface area contributed by atoms with Crippen LogP contribution in [0, 0.1) is 11.3 Å². The summed E-state index contributed by atoms with van der Waals surface area (Å²) in [6.45, 7) is 8.54. The summed E-state index contributed by atoms with van der Waals surface area (Å²) < 4.78 is 0. The number of amides is 1. The van der Waals surface area contributed by atoms with Gasteiger partial charge in [-0.25, -0.2) is 0 Å². The van der Waals surface area contributed by atoms with Crippen molar-refractivity contribution in [3.63, 3.8) is 0 Å². The summed E-state index contributed by atoms with van der Waals surface area (Å²) in [7, 11) is 0. The molecule has 0 radical (unpaired) electrons. The number of hydrogen-bond donors (Lipinski definition) is 1. The minimum atomic E-state index is 0.241. The van der Waals surface area contributed by atoms with E-state index in [1.165, 1.54) is 25.7 Å². The van der Waals surface area contributed by atoms with Crippen molar-refractivity contribution in [1.29, 1.82) is 0 Å². The molecule has 1 saturated heterocycles. The Morgan fingerprint density at radius 2 is 1.89 bits per heavy atom. The Kier molecular flexibility index (Phi) is 6.54. The third-order valence-corrected chi connectivity index (χ3v) is 4.97. The number of nitrogens with zero attached hydrogens (tertiary/aromatic N) is 1. The first kappa shape index (κ1) is 15.9. The van der Waals surface area contributed by atoms with Gasteiger partial charge in [0.1, 0.15) is 0 Å². The van der Waals surface area contributed by atoms with E-state index in [9.17, 15) is 4.79 Å². The Morgan fingerprint density at radius 1 is 1.28 bits per heavy atom. The highest BCUT2D eigenvalue weighted by Crippen LogP contribution is 2.34. The molecule has 0 saturated carbocycles. The first-order valence-electron chi connectivity index (χ1n) is 7.49. The summed E-state index contributed by atoms with van der Waals surface area (Å²) in [6, 6.07) is 0. The molecule has 106 valence electrons. The lowest BCUT2D eigenvalue weighted by molar-refractivity contribution is -0.129. The van der Waals surface area contributed by atoms with Gasteiger partial charge < -0.3 is 4.90 Å². The molecule has 1 unspecified atom stereocenters. The molecule has 0 aromatic heterocycles. The van der Waals surface area contributed by atoms with E-state index in [0.717, 1.165) is 31.7 Å². The van der Waals surface area contributed by atoms with Crippen LogP contribution in [0.2, 0.25) is 0 Å². The average molecular weight is 271 g/mol. The van der Waals surface area contributed by atoms with Gasteiger partial charge in [0.15, 0.2) is 0 Å². The van der Waals surface area contributed by atoms with Crippen LogP contribution in [0.1, 0.15) is 59.3 Å². The quantitative estimate of drug-likeness (QED) is 0.666. The van der Waals surface area contributed by atoms with Crippen LogP contribution in [0.3, 0.4) is 0 Å². The highest BCUT2D eigenvalue weighted by molar-refractivity contribution is 7.80. The van der Waals surface area contributed by atoms with Gasteiger partial charge in [0.2, 0.25) is 5.91 Å². The zero-order valence-corrected chi connectivity index (χ0v) is 13.1. The maximum Gasteiger partial charge on any atom is 0.222 e. The molecule has 1 amide bonds. The van der Waals surface area contributed by atoms with Crippen LogP contribution < -0.4 is 0 Å². The topological polar surface area (TPSA) is 20.3 Å². The molecule has 0 aromatic rings. The van der Waals surface area contributed by atoms with Gasteiger partial charge in [0.05, 0.1) is 0 Å². The van der Waals surface area contributed by atoms with Crippen LogP contribution in [-0.2, 0) is 4.79 Å². The Hall–Kier alpha value is -0.180. The lowest BCUT2D eigenvalue weighted by atomic mass is 9.80. The smallest absolute Gasteiger partial charge is 0.222 e. The van der Waals surface area contributed by atoms with Crippen LogP contribution in [0.15, 0.2) is 0 Å². The van der Waals surface area contributed by atoms with Gasteiger partial charge >= 0.3 is 0 Å². The SMILES string of the molecule is CCCC(CS)(CCC)CN1CC(CC)CC1=O. The lowest BCUT2D eigenvalue weighted by Crippen LogP contribution is -2.40. The van der Waals surface area contributed by atoms with E-state index in [-0.39, 0.29) is 5.41 Å². The molecule has 0 bridgehead atoms. The van der Waals surface area contributed by atoms with Crippen molar-refractivity contribution < 1.29 is 4.79 Å². The summed E-state index contributed by atoms with van der Waals surface area (Å²) in [5.74, 6) is 1.84. The molecule has 18 heavy (non-hydrogen) atoms. The van der Waals surface area contributed by atoms with Crippen molar-refractivity contribution in [2.24, 2.45) is 11.3 Å². The average Bonchev–Trinajstić information content (AvgIpc) is 2.70. The molecule has 2 nitrogen and oxygen atoms in total. The predicted octanol–water partition coefficient (Wildman–Crippen LogP) is 3.76. The van der Waals surface area contributed by atoms with Crippen LogP contribution in [-0.4, -0.2) is 29.6 Å². The number of carbonyl (C=O) groups excluding carboxylic acids is 1. The Labute approximate surface area is 118 Å². The van der Waals surface area contributed by atoms with Crippen molar-refractivity contribution >= 4 is 18.5 Å². The first-order chi connectivity index (χ1) is 8.60. The highest BCUT2D eigenvalue weighted by atomic mass is 32.1. The summed E-state index contributed by atoms with van der Waals surface area (Å²) in [5.41, 5.74) is 0.241. The van der Waals surface area contributed by atoms with Gasteiger partial charge in [-0.05, 0) is 29.9 Å². The van der Waals surface area contributed by atoms with E-state index < -0.39 is 0 Å². The fraction of sp³-hybridized carbons (Fsp3) is 0.933. The Balaban J connectivity index is 2.68. The number of hydrogen-bond acceptors (Lipinski definition) is 2. The molecule has 0 aromatic carbocycles. The standard InChI is InChI=1S/C15H29NOS/c1-4-7-15(12-18,8-5-2)11-16-10-13(6-3)9-14(16)17/h13,18H,4-12H2,1-3H3. The molecule has 0 aliphatic carbocycles. The summed E-state index contributed by atoms with van der Waals surface area (Å²) >= 11 is 4.58. The third kappa shape index (κ3) is 3.91. The summed E-state index contributed by atoms with van der Waals surface area (Å²) in [6.07, 6.45) is 6.62. The minimum absolute atomic E-state index is 0.241. The molecule has 1 aliphatic rings. The number of carbonyl (C=O) groups is 1. The van der Waals surface area contributed by atoms with E-state index in [0.29, 0.717) is 11.8 Å². The van der Waals surface area contributed by atoms with E-state index in [1.807, 2.05) is 0 Å². The monoisotopic (exact) mass is 271 g/mol. The van der Waals surface area contributed by atoms with E-state index >= 15 is 0 Å². The van der Waals surface area contributed by atoms with Gasteiger partial charge in [-0.15, -0.1) is 0 Å². The van der Waals surface area contributed by atoms with Crippen molar-refractivity contribution in [3.8, 4) is 0 Å². The molecule has 1 heterocycles. The van der Waals surface area contributed by atoms with Crippen molar-refractivity contribution in [2.45, 2.75) is 59.3 Å². The normalized spacial score (nSPS) is 20.8. The van der Waals surface area contributed by atoms with Crippen LogP contribution >= 0.6 is 12.6 Å². The van der Waals surface area contributed by atoms with Gasteiger partial charge in [0.25, 0.3) is 0 Å².